The van der Waals surface area contributed by atoms with Gasteiger partial charge >= 0.3 is 0 Å². The molecule has 0 radical (unpaired) electrons. The van der Waals surface area contributed by atoms with Crippen LogP contribution in [0.15, 0.2) is 66.4 Å². The third-order valence-electron chi connectivity index (χ3n) is 5.82. The highest BCUT2D eigenvalue weighted by Crippen LogP contribution is 2.19. The van der Waals surface area contributed by atoms with Gasteiger partial charge in [0, 0.05) is 12.8 Å². The molecule has 6 heteroatoms. The Labute approximate surface area is 177 Å². The molecule has 0 saturated carbocycles. The summed E-state index contributed by atoms with van der Waals surface area (Å²) in [5, 5.41) is 1.49. The topological polar surface area (TPSA) is 57.1 Å². The Kier molecular flexibility index (Phi) is 6.14. The average Bonchev–Trinajstić information content (AvgIpc) is 2.78. The first-order chi connectivity index (χ1) is 14.6. The largest absolute Gasteiger partial charge is 0.332 e. The van der Waals surface area contributed by atoms with Gasteiger partial charge in [0.05, 0.1) is 38.4 Å². The highest BCUT2D eigenvalue weighted by Gasteiger charge is 2.30. The van der Waals surface area contributed by atoms with E-state index in [9.17, 15) is 9.59 Å². The van der Waals surface area contributed by atoms with Gasteiger partial charge in [0.2, 0.25) is 5.91 Å². The van der Waals surface area contributed by atoms with Crippen LogP contribution in [-0.2, 0) is 16.0 Å². The summed E-state index contributed by atoms with van der Waals surface area (Å²) in [5.74, 6) is -0.0883. The van der Waals surface area contributed by atoms with Crippen molar-refractivity contribution in [2.75, 3.05) is 37.7 Å². The molecule has 156 valence electrons. The molecule has 1 fully saturated rings. The summed E-state index contributed by atoms with van der Waals surface area (Å²) in [5.41, 5.74) is 6.73. The molecule has 2 aliphatic rings. The summed E-state index contributed by atoms with van der Waals surface area (Å²) in [6.07, 6.45) is 3.00. The Hall–Kier alpha value is -3.12. The van der Waals surface area contributed by atoms with Crippen LogP contribution in [0, 0.1) is 6.92 Å². The van der Waals surface area contributed by atoms with Crippen LogP contribution in [0.3, 0.4) is 0 Å². The summed E-state index contributed by atoms with van der Waals surface area (Å²) in [6.45, 7) is 6.45. The lowest BCUT2D eigenvalue weighted by atomic mass is 10.1. The van der Waals surface area contributed by atoms with Crippen molar-refractivity contribution in [2.24, 2.45) is 0 Å². The number of nitrogens with one attached hydrogen (secondary N) is 2. The number of benzene rings is 2. The van der Waals surface area contributed by atoms with E-state index in [4.69, 9.17) is 0 Å². The number of piperazine rings is 1. The Bertz CT molecular complexity index is 933. The number of carbonyl (C=O) groups is 2. The summed E-state index contributed by atoms with van der Waals surface area (Å²) >= 11 is 0. The molecule has 2 aromatic carbocycles. The number of quaternary nitrogens is 1. The standard InChI is InChI=1S/C24H28N4O2/c1-19-6-5-9-21(18-19)28-23(29)11-10-22(25-28)24(30)27-16-14-26(15-17-27)13-12-20-7-3-2-4-8-20/h2-10,18,25H,11-17H2,1H3/p+1. The number of hydrazine groups is 1. The van der Waals surface area contributed by atoms with Crippen molar-refractivity contribution >= 4 is 17.5 Å². The van der Waals surface area contributed by atoms with Crippen LogP contribution in [0.2, 0.25) is 0 Å². The van der Waals surface area contributed by atoms with Crippen LogP contribution in [-0.4, -0.2) is 49.4 Å². The molecule has 30 heavy (non-hydrogen) atoms. The maximum atomic E-state index is 13.0. The minimum atomic E-state index is -0.0627. The van der Waals surface area contributed by atoms with E-state index < -0.39 is 0 Å². The van der Waals surface area contributed by atoms with Crippen molar-refractivity contribution in [1.29, 1.82) is 0 Å². The third kappa shape index (κ3) is 4.71. The highest BCUT2D eigenvalue weighted by molar-refractivity contribution is 6.01. The maximum Gasteiger partial charge on any atom is 0.271 e. The lowest BCUT2D eigenvalue weighted by Gasteiger charge is -2.35. The quantitative estimate of drug-likeness (QED) is 0.783. The minimum absolute atomic E-state index is 0.0257. The van der Waals surface area contributed by atoms with Gasteiger partial charge in [-0.05, 0) is 36.3 Å². The van der Waals surface area contributed by atoms with Crippen LogP contribution in [0.5, 0.6) is 0 Å². The molecule has 2 heterocycles. The molecule has 0 unspecified atom stereocenters. The van der Waals surface area contributed by atoms with Crippen molar-refractivity contribution in [2.45, 2.75) is 19.8 Å². The SMILES string of the molecule is Cc1cccc(N2NC(C(=O)N3CC[NH+](CCc4ccccc4)CC3)=CCC2=O)c1. The fourth-order valence-electron chi connectivity index (χ4n) is 4.03. The second kappa shape index (κ2) is 9.13. The van der Waals surface area contributed by atoms with Gasteiger partial charge in [-0.3, -0.25) is 15.0 Å². The van der Waals surface area contributed by atoms with Crippen LogP contribution in [0.25, 0.3) is 0 Å². The normalized spacial score (nSPS) is 17.5. The zero-order valence-electron chi connectivity index (χ0n) is 17.4. The second-order valence-electron chi connectivity index (χ2n) is 8.03. The van der Waals surface area contributed by atoms with E-state index in [0.717, 1.165) is 50.4 Å². The predicted molar refractivity (Wildman–Crippen MR) is 117 cm³/mol. The van der Waals surface area contributed by atoms with Crippen LogP contribution < -0.4 is 15.3 Å². The molecule has 0 bridgehead atoms. The molecular weight excluding hydrogens is 376 g/mol. The number of anilines is 1. The molecule has 0 spiro atoms. The van der Waals surface area contributed by atoms with Crippen LogP contribution in [0.1, 0.15) is 17.5 Å². The van der Waals surface area contributed by atoms with Crippen molar-refractivity contribution in [3.8, 4) is 0 Å². The van der Waals surface area contributed by atoms with Gasteiger partial charge in [0.15, 0.2) is 0 Å². The summed E-state index contributed by atoms with van der Waals surface area (Å²) < 4.78 is 0. The number of hydrogen-bond donors (Lipinski definition) is 2. The zero-order chi connectivity index (χ0) is 20.9. The number of rotatable bonds is 5. The van der Waals surface area contributed by atoms with E-state index in [-0.39, 0.29) is 18.2 Å². The third-order valence-corrected chi connectivity index (χ3v) is 5.82. The molecule has 2 N–H and O–H groups in total. The van der Waals surface area contributed by atoms with Gasteiger partial charge < -0.3 is 9.80 Å². The first-order valence-electron chi connectivity index (χ1n) is 10.6. The van der Waals surface area contributed by atoms with E-state index >= 15 is 0 Å². The van der Waals surface area contributed by atoms with Crippen molar-refractivity contribution in [1.82, 2.24) is 10.3 Å². The molecule has 6 nitrogen and oxygen atoms in total. The summed E-state index contributed by atoms with van der Waals surface area (Å²) in [4.78, 5) is 28.8. The molecule has 4 rings (SSSR count). The average molecular weight is 406 g/mol. The number of aryl methyl sites for hydroxylation is 1. The minimum Gasteiger partial charge on any atom is -0.332 e. The van der Waals surface area contributed by atoms with E-state index in [2.05, 4.69) is 29.7 Å². The van der Waals surface area contributed by atoms with Crippen molar-refractivity contribution in [3.63, 3.8) is 0 Å². The van der Waals surface area contributed by atoms with Gasteiger partial charge in [-0.1, -0.05) is 42.5 Å². The first-order valence-corrected chi connectivity index (χ1v) is 10.6. The van der Waals surface area contributed by atoms with Crippen molar-refractivity contribution in [3.05, 3.63) is 77.5 Å². The Morgan fingerprint density at radius 2 is 1.83 bits per heavy atom. The number of nitrogens with zero attached hydrogens (tertiary/aromatic N) is 2. The molecule has 0 aromatic heterocycles. The van der Waals surface area contributed by atoms with Crippen LogP contribution in [0.4, 0.5) is 5.69 Å². The van der Waals surface area contributed by atoms with Gasteiger partial charge in [-0.15, -0.1) is 0 Å². The Morgan fingerprint density at radius 3 is 2.57 bits per heavy atom. The number of carbonyl (C=O) groups excluding carboxylic acids is 2. The monoisotopic (exact) mass is 405 g/mol. The van der Waals surface area contributed by atoms with E-state index in [1.165, 1.54) is 15.5 Å². The Morgan fingerprint density at radius 1 is 1.07 bits per heavy atom. The van der Waals surface area contributed by atoms with Gasteiger partial charge in [-0.25, -0.2) is 5.01 Å². The second-order valence-corrected chi connectivity index (χ2v) is 8.03. The van der Waals surface area contributed by atoms with E-state index in [1.54, 1.807) is 6.08 Å². The Balaban J connectivity index is 1.32. The molecule has 0 aliphatic carbocycles. The molecule has 0 atom stereocenters. The van der Waals surface area contributed by atoms with E-state index in [0.29, 0.717) is 5.70 Å². The fourth-order valence-corrected chi connectivity index (χ4v) is 4.03. The van der Waals surface area contributed by atoms with Gasteiger partial charge in [-0.2, -0.15) is 0 Å². The molecule has 2 aliphatic heterocycles. The maximum absolute atomic E-state index is 13.0. The smallest absolute Gasteiger partial charge is 0.271 e. The number of hydrogen-bond acceptors (Lipinski definition) is 3. The molecule has 1 saturated heterocycles. The summed E-state index contributed by atoms with van der Waals surface area (Å²) in [6, 6.07) is 18.3. The molecular formula is C24H29N4O2+. The van der Waals surface area contributed by atoms with E-state index in [1.807, 2.05) is 42.2 Å². The lowest BCUT2D eigenvalue weighted by molar-refractivity contribution is -0.903. The lowest BCUT2D eigenvalue weighted by Crippen LogP contribution is -3.15. The molecule has 2 aromatic rings. The fraction of sp³-hybridized carbons (Fsp3) is 0.333. The van der Waals surface area contributed by atoms with Gasteiger partial charge in [0.25, 0.3) is 5.91 Å². The predicted octanol–water partition coefficient (Wildman–Crippen LogP) is 1.09. The first kappa shape index (κ1) is 20.2. The van der Waals surface area contributed by atoms with Crippen LogP contribution >= 0.6 is 0 Å². The molecule has 2 amide bonds. The highest BCUT2D eigenvalue weighted by atomic mass is 16.2. The van der Waals surface area contributed by atoms with Crippen molar-refractivity contribution < 1.29 is 14.5 Å². The summed E-state index contributed by atoms with van der Waals surface area (Å²) in [7, 11) is 0. The van der Waals surface area contributed by atoms with Gasteiger partial charge in [0.1, 0.15) is 5.70 Å². The number of amides is 2. The zero-order valence-corrected chi connectivity index (χ0v) is 17.4.